The van der Waals surface area contributed by atoms with Gasteiger partial charge in [0.15, 0.2) is 0 Å². The molecular weight excluding hydrogens is 357 g/mol. The first kappa shape index (κ1) is 14.1. The Morgan fingerprint density at radius 1 is 0.625 bits per heavy atom. The Hall–Kier alpha value is 3.56. The molecule has 0 aromatic heterocycles. The fourth-order valence-electron chi connectivity index (χ4n) is 0. The van der Waals surface area contributed by atoms with E-state index in [0.29, 0.717) is 0 Å². The number of halogens is 6. The van der Waals surface area contributed by atoms with Crippen molar-refractivity contribution in [2.75, 3.05) is 0 Å². The van der Waals surface area contributed by atoms with Crippen LogP contribution in [0.25, 0.3) is 0 Å². The minimum Gasteiger partial charge on any atom is 1.00 e. The second-order valence-electron chi connectivity index (χ2n) is 0.958. The van der Waals surface area contributed by atoms with Crippen LogP contribution in [-0.4, -0.2) is 9.14 Å². The Bertz CT molecular complexity index is 67.1. The molecule has 0 amide bonds. The van der Waals surface area contributed by atoms with Crippen molar-refractivity contribution in [3.8, 4) is 0 Å². The third-order valence-electron chi connectivity index (χ3n) is 0. The van der Waals surface area contributed by atoms with E-state index in [-0.39, 0.29) is 29.6 Å². The van der Waals surface area contributed by atoms with Crippen molar-refractivity contribution in [1.29, 1.82) is 0 Å². The van der Waals surface area contributed by atoms with Gasteiger partial charge in [0, 0.05) is 0 Å². The van der Waals surface area contributed by atoms with E-state index in [4.69, 9.17) is 53.0 Å². The third-order valence-corrected chi connectivity index (χ3v) is 0. The summed E-state index contributed by atoms with van der Waals surface area (Å²) in [6.07, 6.45) is 0. The van der Waals surface area contributed by atoms with Crippen molar-refractivity contribution in [3.05, 3.63) is 0 Å². The summed E-state index contributed by atoms with van der Waals surface area (Å²) in [6, 6.07) is 0. The van der Waals surface area contributed by atoms with E-state index in [2.05, 4.69) is 0 Å². The van der Waals surface area contributed by atoms with Crippen LogP contribution in [-0.2, 0) is 0 Å². The largest absolute Gasteiger partial charge is 1.00 e. The normalized spacial score (nSPS) is 20.2. The van der Waals surface area contributed by atoms with Crippen LogP contribution in [0.3, 0.4) is 0 Å². The first-order chi connectivity index (χ1) is 2.45. The van der Waals surface area contributed by atoms with E-state index >= 15 is 0 Å². The molecule has 0 aromatic rings. The SMILES string of the molecule is [Cl][Sb-]([Cl])([Cl])([Cl])([Cl])[Cl].[Na+]. The van der Waals surface area contributed by atoms with Crippen molar-refractivity contribution < 1.29 is 29.6 Å². The van der Waals surface area contributed by atoms with Crippen molar-refractivity contribution in [1.82, 2.24) is 0 Å². The van der Waals surface area contributed by atoms with E-state index in [1.807, 2.05) is 0 Å². The van der Waals surface area contributed by atoms with Gasteiger partial charge in [0.05, 0.1) is 0 Å². The summed E-state index contributed by atoms with van der Waals surface area (Å²) in [4.78, 5) is 0. The minimum absolute atomic E-state index is 0. The molecule has 0 unspecified atom stereocenters. The average molecular weight is 357 g/mol. The molecule has 8 heavy (non-hydrogen) atoms. The van der Waals surface area contributed by atoms with Crippen LogP contribution in [0.15, 0.2) is 0 Å². The monoisotopic (exact) mass is 354 g/mol. The van der Waals surface area contributed by atoms with E-state index in [1.165, 1.54) is 0 Å². The molecule has 0 bridgehead atoms. The summed E-state index contributed by atoms with van der Waals surface area (Å²) < 4.78 is 0. The van der Waals surface area contributed by atoms with E-state index in [1.54, 1.807) is 0 Å². The fourth-order valence-corrected chi connectivity index (χ4v) is 0. The maximum atomic E-state index is 5.06. The molecule has 0 radical (unpaired) electrons. The summed E-state index contributed by atoms with van der Waals surface area (Å²) in [5.74, 6) is 0. The van der Waals surface area contributed by atoms with Crippen LogP contribution in [0.1, 0.15) is 0 Å². The molecule has 0 aromatic carbocycles. The number of hydrogen-bond donors (Lipinski definition) is 0. The molecular formula is Cl6NaSb. The maximum absolute atomic E-state index is 5.42. The van der Waals surface area contributed by atoms with Crippen LogP contribution < -0.4 is 29.6 Å². The Balaban J connectivity index is 0. The summed E-state index contributed by atoms with van der Waals surface area (Å²) in [6.45, 7) is 0. The molecule has 0 saturated heterocycles. The molecule has 0 saturated carbocycles. The van der Waals surface area contributed by atoms with Crippen LogP contribution in [0.2, 0.25) is 0 Å². The first-order valence-electron chi connectivity index (χ1n) is 1.01. The zero-order valence-electron chi connectivity index (χ0n) is 3.72. The predicted octanol–water partition coefficient (Wildman–Crippen LogP) is 0.760. The molecule has 0 fully saturated rings. The van der Waals surface area contributed by atoms with E-state index < -0.39 is 9.14 Å². The standard InChI is InChI=1S/6ClH.Na.Sb/h6*1H;;/q;;;;;;+1;+5/p-6. The molecule has 0 atom stereocenters. The molecule has 0 aliphatic carbocycles. The third kappa shape index (κ3) is 55.3. The van der Waals surface area contributed by atoms with E-state index in [9.17, 15) is 0 Å². The van der Waals surface area contributed by atoms with Crippen LogP contribution >= 0.6 is 53.0 Å². The first-order valence-corrected chi connectivity index (χ1v) is 20.4. The van der Waals surface area contributed by atoms with Gasteiger partial charge in [0.2, 0.25) is 0 Å². The van der Waals surface area contributed by atoms with Gasteiger partial charge in [-0.25, -0.2) is 0 Å². The van der Waals surface area contributed by atoms with Gasteiger partial charge in [0.1, 0.15) is 0 Å². The van der Waals surface area contributed by atoms with Gasteiger partial charge in [0.25, 0.3) is 0 Å². The zero-order chi connectivity index (χ0) is 6.41. The summed E-state index contributed by atoms with van der Waals surface area (Å²) >= 11 is 0. The Kier molecular flexibility index (Phi) is 4.94. The predicted molar refractivity (Wildman–Crippen MR) is 40.9 cm³/mol. The maximum Gasteiger partial charge on any atom is 1.00 e. The minimum atomic E-state index is -5.42. The Morgan fingerprint density at radius 2 is 0.625 bits per heavy atom. The quantitative estimate of drug-likeness (QED) is 0.562. The number of hydrogen-bond acceptors (Lipinski definition) is 0. The summed E-state index contributed by atoms with van der Waals surface area (Å²) in [5, 5.41) is 0. The van der Waals surface area contributed by atoms with Crippen molar-refractivity contribution in [2.45, 2.75) is 0 Å². The van der Waals surface area contributed by atoms with Gasteiger partial charge in [-0.2, -0.15) is 0 Å². The zero-order valence-corrected chi connectivity index (χ0v) is 12.8. The van der Waals surface area contributed by atoms with Crippen LogP contribution in [0, 0.1) is 0 Å². The van der Waals surface area contributed by atoms with Crippen molar-refractivity contribution in [3.63, 3.8) is 0 Å². The van der Waals surface area contributed by atoms with Gasteiger partial charge in [-0.05, 0) is 0 Å². The van der Waals surface area contributed by atoms with Gasteiger partial charge < -0.3 is 0 Å². The van der Waals surface area contributed by atoms with Crippen LogP contribution in [0.5, 0.6) is 0 Å². The van der Waals surface area contributed by atoms with Gasteiger partial charge in [-0.1, -0.05) is 0 Å². The van der Waals surface area contributed by atoms with Crippen molar-refractivity contribution in [2.24, 2.45) is 0 Å². The summed E-state index contributed by atoms with van der Waals surface area (Å²) in [7, 11) is 25.0. The fraction of sp³-hybridized carbons (Fsp3) is 0. The molecule has 0 aliphatic heterocycles. The molecule has 48 valence electrons. The summed E-state index contributed by atoms with van der Waals surface area (Å²) in [5.41, 5.74) is 0. The molecule has 0 spiro atoms. The molecule has 0 rings (SSSR count). The second kappa shape index (κ2) is 2.80. The van der Waals surface area contributed by atoms with Crippen molar-refractivity contribution >= 4 is 62.1 Å². The number of rotatable bonds is 0. The molecule has 0 N–H and O–H groups in total. The Morgan fingerprint density at radius 3 is 0.625 bits per heavy atom. The second-order valence-corrected chi connectivity index (χ2v) is 57.9. The molecule has 0 aliphatic rings. The molecule has 0 heterocycles. The molecule has 0 nitrogen and oxygen atoms in total. The van der Waals surface area contributed by atoms with Crippen LogP contribution in [0.4, 0.5) is 0 Å². The van der Waals surface area contributed by atoms with Gasteiger partial charge >= 0.3 is 91.7 Å². The smallest absolute Gasteiger partial charge is 1.00 e. The topological polar surface area (TPSA) is 0 Å². The van der Waals surface area contributed by atoms with Gasteiger partial charge in [-0.15, -0.1) is 0 Å². The Labute approximate surface area is 89.5 Å². The molecule has 8 heteroatoms. The van der Waals surface area contributed by atoms with E-state index in [0.717, 1.165) is 0 Å². The average Bonchev–Trinajstić information content (AvgIpc) is 0.592. The van der Waals surface area contributed by atoms with Gasteiger partial charge in [-0.3, -0.25) is 0 Å².